The zero-order valence-electron chi connectivity index (χ0n) is 12.8. The molecule has 1 aliphatic rings. The average Bonchev–Trinajstić information content (AvgIpc) is 2.74. The summed E-state index contributed by atoms with van der Waals surface area (Å²) in [7, 11) is 0. The molecule has 1 heterocycles. The van der Waals surface area contributed by atoms with Gasteiger partial charge in [-0.15, -0.1) is 0 Å². The average molecular weight is 278 g/mol. The summed E-state index contributed by atoms with van der Waals surface area (Å²) < 4.78 is 2.15. The van der Waals surface area contributed by atoms with Crippen molar-refractivity contribution in [2.75, 3.05) is 6.61 Å². The fourth-order valence-corrected chi connectivity index (χ4v) is 3.38. The van der Waals surface area contributed by atoms with Gasteiger partial charge in [-0.2, -0.15) is 0 Å². The van der Waals surface area contributed by atoms with Gasteiger partial charge in [0, 0.05) is 36.5 Å². The number of carbonyl (C=O) groups is 1. The summed E-state index contributed by atoms with van der Waals surface area (Å²) >= 11 is 0. The van der Waals surface area contributed by atoms with Gasteiger partial charge in [-0.25, -0.2) is 0 Å². The molecule has 1 aliphatic carbocycles. The van der Waals surface area contributed by atoms with Crippen molar-refractivity contribution < 1.29 is 9.90 Å². The minimum atomic E-state index is 0.00292. The molecule has 4 heteroatoms. The van der Waals surface area contributed by atoms with E-state index in [0.29, 0.717) is 0 Å². The molecule has 2 rings (SSSR count). The lowest BCUT2D eigenvalue weighted by Gasteiger charge is -2.30. The molecule has 20 heavy (non-hydrogen) atoms. The fourth-order valence-electron chi connectivity index (χ4n) is 3.38. The van der Waals surface area contributed by atoms with Gasteiger partial charge in [-0.3, -0.25) is 4.79 Å². The minimum absolute atomic E-state index is 0.00292. The first-order valence-electron chi connectivity index (χ1n) is 7.67. The summed E-state index contributed by atoms with van der Waals surface area (Å²) in [4.78, 5) is 12.5. The van der Waals surface area contributed by atoms with Crippen molar-refractivity contribution in [3.05, 3.63) is 23.0 Å². The Balaban J connectivity index is 2.11. The van der Waals surface area contributed by atoms with Gasteiger partial charge in [0.05, 0.1) is 5.56 Å². The Morgan fingerprint density at radius 1 is 1.40 bits per heavy atom. The Hall–Kier alpha value is -1.29. The van der Waals surface area contributed by atoms with Crippen LogP contribution < -0.4 is 5.32 Å². The van der Waals surface area contributed by atoms with E-state index in [9.17, 15) is 9.90 Å². The third-order valence-corrected chi connectivity index (χ3v) is 4.59. The van der Waals surface area contributed by atoms with Crippen LogP contribution in [0.5, 0.6) is 0 Å². The highest BCUT2D eigenvalue weighted by Gasteiger charge is 2.27. The second-order valence-corrected chi connectivity index (χ2v) is 5.84. The number of rotatable bonds is 4. The number of nitrogens with zero attached hydrogens (tertiary/aromatic N) is 1. The molecule has 0 aliphatic heterocycles. The van der Waals surface area contributed by atoms with E-state index in [2.05, 4.69) is 16.8 Å². The number of aromatic nitrogens is 1. The van der Waals surface area contributed by atoms with Crippen LogP contribution in [0.15, 0.2) is 6.07 Å². The topological polar surface area (TPSA) is 54.3 Å². The molecule has 4 nitrogen and oxygen atoms in total. The van der Waals surface area contributed by atoms with Gasteiger partial charge in [0.25, 0.3) is 5.91 Å². The summed E-state index contributed by atoms with van der Waals surface area (Å²) in [6.45, 7) is 7.16. The number of aliphatic hydroxyl groups is 1. The lowest BCUT2D eigenvalue weighted by molar-refractivity contribution is 0.0872. The molecule has 1 amide bonds. The quantitative estimate of drug-likeness (QED) is 0.888. The summed E-state index contributed by atoms with van der Waals surface area (Å²) in [5.74, 6) is 0.213. The van der Waals surface area contributed by atoms with E-state index in [4.69, 9.17) is 0 Å². The lowest BCUT2D eigenvalue weighted by atomic mass is 9.85. The summed E-state index contributed by atoms with van der Waals surface area (Å²) in [6.07, 6.45) is 4.27. The Morgan fingerprint density at radius 2 is 2.10 bits per heavy atom. The van der Waals surface area contributed by atoms with Crippen molar-refractivity contribution in [2.24, 2.45) is 5.92 Å². The van der Waals surface area contributed by atoms with Crippen LogP contribution in [0.3, 0.4) is 0 Å². The molecule has 2 atom stereocenters. The first kappa shape index (κ1) is 15.1. The van der Waals surface area contributed by atoms with Crippen LogP contribution in [-0.4, -0.2) is 28.2 Å². The van der Waals surface area contributed by atoms with E-state index >= 15 is 0 Å². The minimum Gasteiger partial charge on any atom is -0.396 e. The van der Waals surface area contributed by atoms with Crippen molar-refractivity contribution in [3.8, 4) is 0 Å². The highest BCUT2D eigenvalue weighted by atomic mass is 16.3. The second kappa shape index (κ2) is 6.44. The van der Waals surface area contributed by atoms with Gasteiger partial charge in [0.15, 0.2) is 0 Å². The van der Waals surface area contributed by atoms with E-state index < -0.39 is 0 Å². The SMILES string of the molecule is CCn1c(C)cc(C(=O)NC2CCCCC2CO)c1C. The maximum Gasteiger partial charge on any atom is 0.253 e. The smallest absolute Gasteiger partial charge is 0.253 e. The lowest BCUT2D eigenvalue weighted by Crippen LogP contribution is -2.43. The van der Waals surface area contributed by atoms with Crippen molar-refractivity contribution in [2.45, 2.75) is 59.0 Å². The van der Waals surface area contributed by atoms with Crippen molar-refractivity contribution in [1.29, 1.82) is 0 Å². The monoisotopic (exact) mass is 278 g/mol. The van der Waals surface area contributed by atoms with Crippen LogP contribution in [0.2, 0.25) is 0 Å². The predicted octanol–water partition coefficient (Wildman–Crippen LogP) is 2.41. The van der Waals surface area contributed by atoms with Crippen LogP contribution in [0.4, 0.5) is 0 Å². The van der Waals surface area contributed by atoms with Gasteiger partial charge >= 0.3 is 0 Å². The van der Waals surface area contributed by atoms with Gasteiger partial charge in [-0.05, 0) is 39.7 Å². The molecule has 0 aromatic carbocycles. The molecule has 2 N–H and O–H groups in total. The Labute approximate surface area is 121 Å². The summed E-state index contributed by atoms with van der Waals surface area (Å²) in [5, 5.41) is 12.6. The van der Waals surface area contributed by atoms with Gasteiger partial charge < -0.3 is 15.0 Å². The largest absolute Gasteiger partial charge is 0.396 e. The number of carbonyl (C=O) groups excluding carboxylic acids is 1. The van der Waals surface area contributed by atoms with Crippen LogP contribution in [-0.2, 0) is 6.54 Å². The van der Waals surface area contributed by atoms with E-state index in [0.717, 1.165) is 49.2 Å². The molecule has 0 saturated heterocycles. The van der Waals surface area contributed by atoms with E-state index in [1.807, 2.05) is 19.9 Å². The zero-order chi connectivity index (χ0) is 14.7. The normalized spacial score (nSPS) is 22.8. The van der Waals surface area contributed by atoms with Gasteiger partial charge in [0.2, 0.25) is 0 Å². The number of hydrogen-bond donors (Lipinski definition) is 2. The molecule has 0 radical (unpaired) electrons. The summed E-state index contributed by atoms with van der Waals surface area (Å²) in [5.41, 5.74) is 2.92. The zero-order valence-corrected chi connectivity index (χ0v) is 12.8. The molecule has 1 aromatic rings. The molecule has 0 bridgehead atoms. The molecule has 1 aromatic heterocycles. The number of amides is 1. The van der Waals surface area contributed by atoms with Crippen LogP contribution in [0.1, 0.15) is 54.4 Å². The third kappa shape index (κ3) is 2.90. The van der Waals surface area contributed by atoms with Gasteiger partial charge in [0.1, 0.15) is 0 Å². The highest BCUT2D eigenvalue weighted by molar-refractivity contribution is 5.95. The fraction of sp³-hybridized carbons (Fsp3) is 0.688. The molecular weight excluding hydrogens is 252 g/mol. The van der Waals surface area contributed by atoms with Crippen molar-refractivity contribution in [3.63, 3.8) is 0 Å². The molecular formula is C16H26N2O2. The molecule has 2 unspecified atom stereocenters. The number of aliphatic hydroxyl groups excluding tert-OH is 1. The number of aryl methyl sites for hydroxylation is 1. The van der Waals surface area contributed by atoms with Crippen LogP contribution in [0, 0.1) is 19.8 Å². The first-order chi connectivity index (χ1) is 9.58. The standard InChI is InChI=1S/C16H26N2O2/c1-4-18-11(2)9-14(12(18)3)16(20)17-15-8-6-5-7-13(15)10-19/h9,13,15,19H,4-8,10H2,1-3H3,(H,17,20). The molecule has 112 valence electrons. The Kier molecular flexibility index (Phi) is 4.86. The number of nitrogens with one attached hydrogen (secondary N) is 1. The van der Waals surface area contributed by atoms with Gasteiger partial charge in [-0.1, -0.05) is 12.8 Å². The number of hydrogen-bond acceptors (Lipinski definition) is 2. The highest BCUT2D eigenvalue weighted by Crippen LogP contribution is 2.24. The Bertz CT molecular complexity index is 479. The molecule has 1 saturated carbocycles. The Morgan fingerprint density at radius 3 is 2.70 bits per heavy atom. The van der Waals surface area contributed by atoms with Crippen LogP contribution >= 0.6 is 0 Å². The van der Waals surface area contributed by atoms with E-state index in [1.165, 1.54) is 0 Å². The summed E-state index contributed by atoms with van der Waals surface area (Å²) in [6, 6.07) is 2.08. The molecule has 1 fully saturated rings. The molecule has 0 spiro atoms. The van der Waals surface area contributed by atoms with E-state index in [-0.39, 0.29) is 24.5 Å². The van der Waals surface area contributed by atoms with Crippen LogP contribution in [0.25, 0.3) is 0 Å². The maximum atomic E-state index is 12.5. The third-order valence-electron chi connectivity index (χ3n) is 4.59. The maximum absolute atomic E-state index is 12.5. The van der Waals surface area contributed by atoms with Crippen molar-refractivity contribution >= 4 is 5.91 Å². The van der Waals surface area contributed by atoms with E-state index in [1.54, 1.807) is 0 Å². The van der Waals surface area contributed by atoms with Crippen molar-refractivity contribution in [1.82, 2.24) is 9.88 Å². The second-order valence-electron chi connectivity index (χ2n) is 5.84. The predicted molar refractivity (Wildman–Crippen MR) is 79.9 cm³/mol. The first-order valence-corrected chi connectivity index (χ1v) is 7.67.